The van der Waals surface area contributed by atoms with Gasteiger partial charge in [-0.1, -0.05) is 6.92 Å². The molecule has 0 aliphatic carbocycles. The summed E-state index contributed by atoms with van der Waals surface area (Å²) in [6, 6.07) is 0. The molecule has 0 radical (unpaired) electrons. The molecule has 0 saturated carbocycles. The highest BCUT2D eigenvalue weighted by Crippen LogP contribution is 1.91. The summed E-state index contributed by atoms with van der Waals surface area (Å²) in [6.07, 6.45) is 1.94. The number of rotatable bonds is 5. The molecule has 66 valence electrons. The van der Waals surface area contributed by atoms with Gasteiger partial charge in [0.2, 0.25) is 0 Å². The third kappa shape index (κ3) is 4.79. The van der Waals surface area contributed by atoms with Crippen molar-refractivity contribution >= 4 is 5.84 Å². The van der Waals surface area contributed by atoms with Crippen molar-refractivity contribution in [1.82, 2.24) is 10.2 Å². The smallest absolute Gasteiger partial charge is 0.0952 e. The Morgan fingerprint density at radius 3 is 2.64 bits per heavy atom. The zero-order valence-corrected chi connectivity index (χ0v) is 7.78. The Balaban J connectivity index is 3.36. The number of hydrogen-bond donors (Lipinski definition) is 2. The average molecular weight is 157 g/mol. The Morgan fingerprint density at radius 2 is 2.18 bits per heavy atom. The Morgan fingerprint density at radius 1 is 1.55 bits per heavy atom. The van der Waals surface area contributed by atoms with Crippen molar-refractivity contribution < 1.29 is 0 Å². The minimum atomic E-state index is 0.723. The second-order valence-corrected chi connectivity index (χ2v) is 2.68. The molecule has 0 unspecified atom stereocenters. The largest absolute Gasteiger partial charge is 0.364 e. The van der Waals surface area contributed by atoms with Crippen LogP contribution in [0.15, 0.2) is 0 Å². The predicted octanol–water partition coefficient (Wildman–Crippen LogP) is 0.915. The van der Waals surface area contributed by atoms with Crippen LogP contribution in [0.2, 0.25) is 0 Å². The summed E-state index contributed by atoms with van der Waals surface area (Å²) in [5, 5.41) is 10.6. The fourth-order valence-electron chi connectivity index (χ4n) is 0.898. The third-order valence-electron chi connectivity index (χ3n) is 1.72. The molecule has 0 aromatic heterocycles. The molecule has 3 nitrogen and oxygen atoms in total. The van der Waals surface area contributed by atoms with Crippen LogP contribution in [0.3, 0.4) is 0 Å². The maximum absolute atomic E-state index is 7.48. The molecule has 0 rings (SSSR count). The van der Waals surface area contributed by atoms with E-state index in [1.807, 2.05) is 25.9 Å². The van der Waals surface area contributed by atoms with Crippen molar-refractivity contribution in [1.29, 1.82) is 5.41 Å². The molecule has 0 fully saturated rings. The van der Waals surface area contributed by atoms with Crippen LogP contribution in [0.5, 0.6) is 0 Å². The van der Waals surface area contributed by atoms with Crippen molar-refractivity contribution in [3.8, 4) is 0 Å². The summed E-state index contributed by atoms with van der Waals surface area (Å²) in [7, 11) is 3.92. The monoisotopic (exact) mass is 157 g/mol. The van der Waals surface area contributed by atoms with E-state index < -0.39 is 0 Å². The lowest BCUT2D eigenvalue weighted by atomic mass is 10.3. The quantitative estimate of drug-likeness (QED) is 0.354. The average Bonchev–Trinajstić information content (AvgIpc) is 2.03. The molecule has 11 heavy (non-hydrogen) atoms. The molecule has 0 aliphatic heterocycles. The lowest BCUT2D eigenvalue weighted by Gasteiger charge is -2.18. The number of nitrogens with zero attached hydrogens (tertiary/aromatic N) is 1. The first kappa shape index (κ1) is 10.4. The third-order valence-corrected chi connectivity index (χ3v) is 1.72. The van der Waals surface area contributed by atoms with E-state index in [0.717, 1.165) is 31.8 Å². The highest BCUT2D eigenvalue weighted by molar-refractivity contribution is 5.78. The molecule has 0 bridgehead atoms. The van der Waals surface area contributed by atoms with E-state index in [0.29, 0.717) is 0 Å². The van der Waals surface area contributed by atoms with E-state index in [-0.39, 0.29) is 0 Å². The first-order valence-electron chi connectivity index (χ1n) is 4.15. The van der Waals surface area contributed by atoms with Crippen molar-refractivity contribution in [3.05, 3.63) is 0 Å². The molecule has 0 saturated heterocycles. The first-order chi connectivity index (χ1) is 5.22. The van der Waals surface area contributed by atoms with E-state index in [9.17, 15) is 0 Å². The van der Waals surface area contributed by atoms with Gasteiger partial charge in [-0.3, -0.25) is 5.41 Å². The Hall–Kier alpha value is -0.570. The molecule has 0 amide bonds. The van der Waals surface area contributed by atoms with Crippen LogP contribution < -0.4 is 5.32 Å². The van der Waals surface area contributed by atoms with Gasteiger partial charge in [0.15, 0.2) is 0 Å². The molecule has 0 spiro atoms. The van der Waals surface area contributed by atoms with Gasteiger partial charge < -0.3 is 10.2 Å². The van der Waals surface area contributed by atoms with Crippen molar-refractivity contribution in [2.24, 2.45) is 0 Å². The minimum absolute atomic E-state index is 0.723. The summed E-state index contributed by atoms with van der Waals surface area (Å²) in [5.41, 5.74) is 0. The summed E-state index contributed by atoms with van der Waals surface area (Å²) in [5.74, 6) is 0.723. The fourth-order valence-corrected chi connectivity index (χ4v) is 0.898. The van der Waals surface area contributed by atoms with Crippen LogP contribution >= 0.6 is 0 Å². The molecule has 2 N–H and O–H groups in total. The van der Waals surface area contributed by atoms with Gasteiger partial charge in [0.25, 0.3) is 0 Å². The molecule has 0 aromatic rings. The highest BCUT2D eigenvalue weighted by atomic mass is 15.1. The SMILES string of the molecule is CCC(=N)N(C)CCCNC. The molecule has 0 aromatic carbocycles. The van der Waals surface area contributed by atoms with Gasteiger partial charge >= 0.3 is 0 Å². The molecule has 0 aliphatic rings. The standard InChI is InChI=1S/C8H19N3/c1-4-8(9)11(3)7-5-6-10-2/h9-10H,4-7H2,1-3H3. The summed E-state index contributed by atoms with van der Waals surface area (Å²) in [6.45, 7) is 4.02. The maximum Gasteiger partial charge on any atom is 0.0952 e. The van der Waals surface area contributed by atoms with Gasteiger partial charge in [-0.05, 0) is 20.0 Å². The minimum Gasteiger partial charge on any atom is -0.364 e. The Bertz CT molecular complexity index is 112. The Labute approximate surface area is 69.3 Å². The van der Waals surface area contributed by atoms with Gasteiger partial charge in [-0.25, -0.2) is 0 Å². The number of nitrogens with one attached hydrogen (secondary N) is 2. The van der Waals surface area contributed by atoms with Crippen LogP contribution in [-0.2, 0) is 0 Å². The zero-order valence-electron chi connectivity index (χ0n) is 7.78. The number of hydrogen-bond acceptors (Lipinski definition) is 2. The molecular weight excluding hydrogens is 138 g/mol. The summed E-state index contributed by atoms with van der Waals surface area (Å²) < 4.78 is 0. The van der Waals surface area contributed by atoms with Crippen LogP contribution in [0.1, 0.15) is 19.8 Å². The van der Waals surface area contributed by atoms with E-state index in [1.165, 1.54) is 0 Å². The van der Waals surface area contributed by atoms with E-state index in [2.05, 4.69) is 5.32 Å². The van der Waals surface area contributed by atoms with E-state index in [4.69, 9.17) is 5.41 Å². The van der Waals surface area contributed by atoms with Crippen LogP contribution in [0.25, 0.3) is 0 Å². The normalized spacial score (nSPS) is 9.73. The molecular formula is C8H19N3. The molecule has 0 heterocycles. The van der Waals surface area contributed by atoms with Crippen molar-refractivity contribution in [3.63, 3.8) is 0 Å². The van der Waals surface area contributed by atoms with Gasteiger partial charge in [0.05, 0.1) is 5.84 Å². The Kier molecular flexibility index (Phi) is 5.84. The van der Waals surface area contributed by atoms with E-state index in [1.54, 1.807) is 0 Å². The second kappa shape index (κ2) is 6.16. The summed E-state index contributed by atoms with van der Waals surface area (Å²) in [4.78, 5) is 2.00. The van der Waals surface area contributed by atoms with Crippen molar-refractivity contribution in [2.75, 3.05) is 27.2 Å². The first-order valence-corrected chi connectivity index (χ1v) is 4.15. The van der Waals surface area contributed by atoms with Gasteiger partial charge in [0, 0.05) is 20.0 Å². The van der Waals surface area contributed by atoms with Crippen LogP contribution in [0.4, 0.5) is 0 Å². The maximum atomic E-state index is 7.48. The zero-order chi connectivity index (χ0) is 8.69. The lowest BCUT2D eigenvalue weighted by Crippen LogP contribution is -2.28. The van der Waals surface area contributed by atoms with Gasteiger partial charge in [-0.15, -0.1) is 0 Å². The van der Waals surface area contributed by atoms with E-state index >= 15 is 0 Å². The number of amidine groups is 1. The van der Waals surface area contributed by atoms with Crippen LogP contribution in [0, 0.1) is 5.41 Å². The van der Waals surface area contributed by atoms with Gasteiger partial charge in [0.1, 0.15) is 0 Å². The second-order valence-electron chi connectivity index (χ2n) is 2.68. The van der Waals surface area contributed by atoms with Crippen molar-refractivity contribution in [2.45, 2.75) is 19.8 Å². The predicted molar refractivity (Wildman–Crippen MR) is 49.2 cm³/mol. The highest BCUT2D eigenvalue weighted by Gasteiger charge is 1.99. The topological polar surface area (TPSA) is 39.1 Å². The van der Waals surface area contributed by atoms with Crippen LogP contribution in [-0.4, -0.2) is 37.9 Å². The summed E-state index contributed by atoms with van der Waals surface area (Å²) >= 11 is 0. The fraction of sp³-hybridized carbons (Fsp3) is 0.875. The molecule has 0 atom stereocenters. The molecule has 3 heteroatoms. The lowest BCUT2D eigenvalue weighted by molar-refractivity contribution is 0.471. The van der Waals surface area contributed by atoms with Gasteiger partial charge in [-0.2, -0.15) is 0 Å².